The molecule has 0 radical (unpaired) electrons. The number of carbonyl (C=O) groups excluding carboxylic acids is 3. The number of amides is 3. The Morgan fingerprint density at radius 1 is 0.944 bits per heavy atom. The third kappa shape index (κ3) is 9.67. The number of rotatable bonds is 11. The van der Waals surface area contributed by atoms with E-state index in [0.717, 1.165) is 5.56 Å². The van der Waals surface area contributed by atoms with Gasteiger partial charge in [0.1, 0.15) is 12.1 Å². The third-order valence-electron chi connectivity index (χ3n) is 4.88. The van der Waals surface area contributed by atoms with Crippen LogP contribution in [-0.4, -0.2) is 43.8 Å². The molecule has 0 fully saturated rings. The Balaban J connectivity index is 2.10. The van der Waals surface area contributed by atoms with Gasteiger partial charge >= 0.3 is 0 Å². The second-order valence-electron chi connectivity index (χ2n) is 9.44. The zero-order chi connectivity index (χ0) is 26.9. The Kier molecular flexibility index (Phi) is 10.00. The van der Waals surface area contributed by atoms with Crippen LogP contribution in [0.5, 0.6) is 5.75 Å². The molecule has 0 aliphatic heterocycles. The molecule has 196 valence electrons. The van der Waals surface area contributed by atoms with E-state index < -0.39 is 39.5 Å². The molecule has 0 aliphatic carbocycles. The van der Waals surface area contributed by atoms with Gasteiger partial charge in [-0.05, 0) is 65.3 Å². The molecule has 10 nitrogen and oxygen atoms in total. The number of aryl methyl sites for hydroxylation is 1. The molecule has 2 aromatic carbocycles. The van der Waals surface area contributed by atoms with Crippen LogP contribution in [0.25, 0.3) is 0 Å². The van der Waals surface area contributed by atoms with Gasteiger partial charge in [-0.3, -0.25) is 14.4 Å². The van der Waals surface area contributed by atoms with Crippen LogP contribution in [0.15, 0.2) is 59.5 Å². The quantitative estimate of drug-likeness (QED) is 0.335. The first-order chi connectivity index (χ1) is 16.8. The maximum absolute atomic E-state index is 13.0. The fourth-order valence-corrected chi connectivity index (χ4v) is 4.27. The van der Waals surface area contributed by atoms with Crippen molar-refractivity contribution in [2.45, 2.75) is 70.0 Å². The van der Waals surface area contributed by atoms with E-state index in [4.69, 9.17) is 4.84 Å². The van der Waals surface area contributed by atoms with Crippen LogP contribution in [-0.2, 0) is 24.4 Å². The zero-order valence-corrected chi connectivity index (χ0v) is 21.9. The zero-order valence-electron chi connectivity index (χ0n) is 21.1. The topological polar surface area (TPSA) is 143 Å². The van der Waals surface area contributed by atoms with Crippen molar-refractivity contribution in [2.75, 3.05) is 0 Å². The van der Waals surface area contributed by atoms with Gasteiger partial charge in [-0.25, -0.2) is 8.42 Å². The molecule has 2 atom stereocenters. The standard InChI is InChI=1S/C25H34N4O6S/c1-17-11-13-20(14-12-17)36(33,34)29-21(15-16-22(30)27-25(3,4)5)24(32)26-18(2)23(31)28-35-19-9-7-6-8-10-19/h6-14,18,21,29H,15-16H2,1-5H3,(H,26,32)(H,27,30)(H,28,31). The summed E-state index contributed by atoms with van der Waals surface area (Å²) in [7, 11) is -4.07. The fraction of sp³-hybridized carbons (Fsp3) is 0.400. The molecule has 2 rings (SSSR count). The smallest absolute Gasteiger partial charge is 0.274 e. The second-order valence-corrected chi connectivity index (χ2v) is 11.1. The number of hydrogen-bond acceptors (Lipinski definition) is 6. The molecule has 0 heterocycles. The van der Waals surface area contributed by atoms with Crippen molar-refractivity contribution < 1.29 is 27.6 Å². The molecule has 36 heavy (non-hydrogen) atoms. The molecule has 4 N–H and O–H groups in total. The minimum Gasteiger partial charge on any atom is -0.379 e. The normalized spacial score (nSPS) is 13.2. The predicted octanol–water partition coefficient (Wildman–Crippen LogP) is 1.95. The summed E-state index contributed by atoms with van der Waals surface area (Å²) in [5.74, 6) is -1.33. The monoisotopic (exact) mass is 518 g/mol. The number of benzene rings is 2. The molecule has 0 saturated heterocycles. The minimum atomic E-state index is -4.07. The molecule has 2 unspecified atom stereocenters. The van der Waals surface area contributed by atoms with Crippen LogP contribution in [0.4, 0.5) is 0 Å². The molecular weight excluding hydrogens is 484 g/mol. The van der Waals surface area contributed by atoms with Gasteiger partial charge in [-0.1, -0.05) is 35.9 Å². The minimum absolute atomic E-state index is 0.0212. The summed E-state index contributed by atoms with van der Waals surface area (Å²) in [5, 5.41) is 5.26. The number of hydrogen-bond donors (Lipinski definition) is 4. The summed E-state index contributed by atoms with van der Waals surface area (Å²) in [6.07, 6.45) is -0.225. The van der Waals surface area contributed by atoms with Gasteiger partial charge in [0.2, 0.25) is 21.8 Å². The Labute approximate surface area is 212 Å². The van der Waals surface area contributed by atoms with E-state index in [1.54, 1.807) is 42.5 Å². The van der Waals surface area contributed by atoms with Crippen LogP contribution in [0.2, 0.25) is 0 Å². The van der Waals surface area contributed by atoms with Gasteiger partial charge in [-0.2, -0.15) is 10.2 Å². The molecule has 0 aromatic heterocycles. The maximum Gasteiger partial charge on any atom is 0.274 e. The molecule has 11 heteroatoms. The highest BCUT2D eigenvalue weighted by atomic mass is 32.2. The van der Waals surface area contributed by atoms with Gasteiger partial charge in [0.25, 0.3) is 5.91 Å². The van der Waals surface area contributed by atoms with Crippen molar-refractivity contribution in [3.8, 4) is 5.75 Å². The number of hydroxylamine groups is 1. The van der Waals surface area contributed by atoms with E-state index in [-0.39, 0.29) is 23.6 Å². The summed E-state index contributed by atoms with van der Waals surface area (Å²) in [5.41, 5.74) is 2.63. The van der Waals surface area contributed by atoms with Gasteiger partial charge in [-0.15, -0.1) is 0 Å². The van der Waals surface area contributed by atoms with Crippen molar-refractivity contribution in [1.82, 2.24) is 20.8 Å². The lowest BCUT2D eigenvalue weighted by atomic mass is 10.1. The maximum atomic E-state index is 13.0. The molecule has 0 bridgehead atoms. The number of carbonyl (C=O) groups is 3. The van der Waals surface area contributed by atoms with Crippen LogP contribution in [0.1, 0.15) is 46.1 Å². The van der Waals surface area contributed by atoms with Gasteiger partial charge in [0.05, 0.1) is 4.90 Å². The second kappa shape index (κ2) is 12.5. The highest BCUT2D eigenvalue weighted by Crippen LogP contribution is 2.13. The van der Waals surface area contributed by atoms with Crippen LogP contribution >= 0.6 is 0 Å². The van der Waals surface area contributed by atoms with E-state index in [2.05, 4.69) is 20.8 Å². The number of nitrogens with one attached hydrogen (secondary N) is 4. The number of para-hydroxylation sites is 1. The van der Waals surface area contributed by atoms with Gasteiger partial charge in [0.15, 0.2) is 5.75 Å². The average Bonchev–Trinajstić information content (AvgIpc) is 2.79. The fourth-order valence-electron chi connectivity index (χ4n) is 3.04. The van der Waals surface area contributed by atoms with E-state index in [1.165, 1.54) is 19.1 Å². The van der Waals surface area contributed by atoms with E-state index in [9.17, 15) is 22.8 Å². The Bertz CT molecular complexity index is 1150. The first kappa shape index (κ1) is 28.8. The lowest BCUT2D eigenvalue weighted by molar-refractivity contribution is -0.133. The first-order valence-electron chi connectivity index (χ1n) is 11.5. The van der Waals surface area contributed by atoms with Crippen molar-refractivity contribution in [3.05, 3.63) is 60.2 Å². The van der Waals surface area contributed by atoms with Crippen molar-refractivity contribution in [1.29, 1.82) is 0 Å². The van der Waals surface area contributed by atoms with Gasteiger partial charge in [0, 0.05) is 12.0 Å². The number of sulfonamides is 1. The first-order valence-corrected chi connectivity index (χ1v) is 13.0. The van der Waals surface area contributed by atoms with Crippen LogP contribution < -0.4 is 25.7 Å². The SMILES string of the molecule is Cc1ccc(S(=O)(=O)NC(CCC(=O)NC(C)(C)C)C(=O)NC(C)C(=O)NOc2ccccc2)cc1. The van der Waals surface area contributed by atoms with Crippen LogP contribution in [0, 0.1) is 6.92 Å². The summed E-state index contributed by atoms with van der Waals surface area (Å²) < 4.78 is 28.2. The Morgan fingerprint density at radius 3 is 2.14 bits per heavy atom. The van der Waals surface area contributed by atoms with Crippen molar-refractivity contribution >= 4 is 27.7 Å². The summed E-state index contributed by atoms with van der Waals surface area (Å²) in [4.78, 5) is 42.9. The predicted molar refractivity (Wildman–Crippen MR) is 135 cm³/mol. The van der Waals surface area contributed by atoms with E-state index in [1.807, 2.05) is 27.7 Å². The van der Waals surface area contributed by atoms with E-state index in [0.29, 0.717) is 5.75 Å². The lowest BCUT2D eigenvalue weighted by Gasteiger charge is -2.23. The molecule has 0 saturated carbocycles. The highest BCUT2D eigenvalue weighted by Gasteiger charge is 2.29. The average molecular weight is 519 g/mol. The lowest BCUT2D eigenvalue weighted by Crippen LogP contribution is -2.53. The summed E-state index contributed by atoms with van der Waals surface area (Å²) in [6.45, 7) is 8.69. The summed E-state index contributed by atoms with van der Waals surface area (Å²) >= 11 is 0. The van der Waals surface area contributed by atoms with Crippen molar-refractivity contribution in [2.24, 2.45) is 0 Å². The molecule has 0 aliphatic rings. The Hall–Kier alpha value is -3.44. The molecular formula is C25H34N4O6S. The molecule has 2 aromatic rings. The largest absolute Gasteiger partial charge is 0.379 e. The van der Waals surface area contributed by atoms with Crippen LogP contribution in [0.3, 0.4) is 0 Å². The third-order valence-corrected chi connectivity index (χ3v) is 6.37. The summed E-state index contributed by atoms with van der Waals surface area (Å²) in [6, 6.07) is 12.3. The molecule has 0 spiro atoms. The highest BCUT2D eigenvalue weighted by molar-refractivity contribution is 7.89. The Morgan fingerprint density at radius 2 is 1.56 bits per heavy atom. The van der Waals surface area contributed by atoms with Crippen molar-refractivity contribution in [3.63, 3.8) is 0 Å². The molecule has 3 amide bonds. The van der Waals surface area contributed by atoms with Gasteiger partial charge < -0.3 is 15.5 Å². The van der Waals surface area contributed by atoms with E-state index >= 15 is 0 Å².